The third-order valence-electron chi connectivity index (χ3n) is 2.48. The van der Waals surface area contributed by atoms with Gasteiger partial charge in [0.25, 0.3) is 5.91 Å². The summed E-state index contributed by atoms with van der Waals surface area (Å²) in [5.41, 5.74) is 1.35. The van der Waals surface area contributed by atoms with E-state index in [1.54, 1.807) is 24.0 Å². The first kappa shape index (κ1) is 13.8. The number of anilines is 1. The van der Waals surface area contributed by atoms with E-state index in [9.17, 15) is 4.79 Å². The molecule has 1 unspecified atom stereocenters. The van der Waals surface area contributed by atoms with Crippen molar-refractivity contribution in [1.82, 2.24) is 10.3 Å². The number of hydrogen-bond donors (Lipinski definition) is 2. The van der Waals surface area contributed by atoms with Crippen molar-refractivity contribution in [3.8, 4) is 0 Å². The summed E-state index contributed by atoms with van der Waals surface area (Å²) in [4.78, 5) is 16.0. The predicted molar refractivity (Wildman–Crippen MR) is 73.7 cm³/mol. The molecule has 0 aliphatic carbocycles. The van der Waals surface area contributed by atoms with Crippen molar-refractivity contribution in [3.05, 3.63) is 24.0 Å². The maximum absolute atomic E-state index is 11.9. The van der Waals surface area contributed by atoms with E-state index < -0.39 is 0 Å². The van der Waals surface area contributed by atoms with Crippen LogP contribution in [0, 0.1) is 0 Å². The van der Waals surface area contributed by atoms with Gasteiger partial charge in [-0.1, -0.05) is 6.92 Å². The van der Waals surface area contributed by atoms with Crippen LogP contribution < -0.4 is 10.6 Å². The van der Waals surface area contributed by atoms with Gasteiger partial charge in [0.2, 0.25) is 0 Å². The summed E-state index contributed by atoms with van der Waals surface area (Å²) < 4.78 is 0. The maximum Gasteiger partial charge on any atom is 0.270 e. The number of rotatable bonds is 6. The lowest BCUT2D eigenvalue weighted by molar-refractivity contribution is 0.0935. The normalized spacial score (nSPS) is 11.9. The monoisotopic (exact) mass is 253 g/mol. The summed E-state index contributed by atoms with van der Waals surface area (Å²) in [6.45, 7) is 2.07. The Labute approximate surface area is 107 Å². The fourth-order valence-corrected chi connectivity index (χ4v) is 2.15. The van der Waals surface area contributed by atoms with Crippen LogP contribution in [0.2, 0.25) is 0 Å². The molecule has 1 heterocycles. The van der Waals surface area contributed by atoms with Crippen molar-refractivity contribution in [2.45, 2.75) is 19.4 Å². The molecule has 0 spiro atoms. The summed E-state index contributed by atoms with van der Waals surface area (Å²) >= 11 is 1.73. The van der Waals surface area contributed by atoms with Gasteiger partial charge in [-0.2, -0.15) is 11.8 Å². The van der Waals surface area contributed by atoms with Gasteiger partial charge in [-0.15, -0.1) is 0 Å². The van der Waals surface area contributed by atoms with Gasteiger partial charge < -0.3 is 10.6 Å². The Hall–Kier alpha value is -1.23. The molecule has 0 aliphatic rings. The third-order valence-corrected chi connectivity index (χ3v) is 3.21. The van der Waals surface area contributed by atoms with Gasteiger partial charge in [0.1, 0.15) is 5.69 Å². The highest BCUT2D eigenvalue weighted by molar-refractivity contribution is 7.98. The number of hydrogen-bond acceptors (Lipinski definition) is 4. The molecule has 1 aromatic rings. The van der Waals surface area contributed by atoms with E-state index >= 15 is 0 Å². The minimum atomic E-state index is -0.108. The minimum absolute atomic E-state index is 0.108. The predicted octanol–water partition coefficient (Wildman–Crippen LogP) is 1.99. The van der Waals surface area contributed by atoms with Gasteiger partial charge in [0.15, 0.2) is 0 Å². The van der Waals surface area contributed by atoms with E-state index in [4.69, 9.17) is 0 Å². The van der Waals surface area contributed by atoms with Crippen LogP contribution in [-0.2, 0) is 0 Å². The molecule has 17 heavy (non-hydrogen) atoms. The molecule has 0 saturated heterocycles. The Balaban J connectivity index is 2.68. The van der Waals surface area contributed by atoms with Gasteiger partial charge in [0.05, 0.1) is 0 Å². The lowest BCUT2D eigenvalue weighted by Crippen LogP contribution is -2.36. The molecule has 1 atom stereocenters. The van der Waals surface area contributed by atoms with Crippen LogP contribution >= 0.6 is 11.8 Å². The summed E-state index contributed by atoms with van der Waals surface area (Å²) in [6.07, 6.45) is 4.60. The third kappa shape index (κ3) is 4.26. The number of carbonyl (C=O) groups excluding carboxylic acids is 1. The second-order valence-corrected chi connectivity index (χ2v) is 4.62. The van der Waals surface area contributed by atoms with Crippen molar-refractivity contribution in [2.24, 2.45) is 0 Å². The van der Waals surface area contributed by atoms with Crippen molar-refractivity contribution < 1.29 is 4.79 Å². The summed E-state index contributed by atoms with van der Waals surface area (Å²) in [7, 11) is 1.82. The Bertz CT molecular complexity index is 371. The summed E-state index contributed by atoms with van der Waals surface area (Å²) in [5.74, 6) is 0.816. The zero-order valence-electron chi connectivity index (χ0n) is 10.5. The minimum Gasteiger partial charge on any atom is -0.388 e. The molecule has 1 aromatic heterocycles. The fourth-order valence-electron chi connectivity index (χ4n) is 1.43. The highest BCUT2D eigenvalue weighted by Gasteiger charge is 2.12. The van der Waals surface area contributed by atoms with Crippen LogP contribution in [0.1, 0.15) is 23.8 Å². The molecule has 0 bridgehead atoms. The van der Waals surface area contributed by atoms with Crippen LogP contribution in [-0.4, -0.2) is 36.0 Å². The van der Waals surface area contributed by atoms with Crippen LogP contribution in [0.5, 0.6) is 0 Å². The molecule has 0 saturated carbocycles. The molecule has 1 rings (SSSR count). The molecule has 0 aromatic carbocycles. The number of carbonyl (C=O) groups is 1. The highest BCUT2D eigenvalue weighted by atomic mass is 32.2. The average Bonchev–Trinajstić information content (AvgIpc) is 2.38. The van der Waals surface area contributed by atoms with Crippen molar-refractivity contribution in [3.63, 3.8) is 0 Å². The van der Waals surface area contributed by atoms with E-state index in [-0.39, 0.29) is 11.9 Å². The highest BCUT2D eigenvalue weighted by Crippen LogP contribution is 2.08. The average molecular weight is 253 g/mol. The second-order valence-electron chi connectivity index (χ2n) is 3.71. The van der Waals surface area contributed by atoms with Gasteiger partial charge in [-0.25, -0.2) is 0 Å². The zero-order chi connectivity index (χ0) is 12.7. The number of amides is 1. The molecule has 0 radical (unpaired) electrons. The Morgan fingerprint density at radius 2 is 2.35 bits per heavy atom. The Morgan fingerprint density at radius 1 is 1.59 bits per heavy atom. The van der Waals surface area contributed by atoms with Crippen molar-refractivity contribution in [1.29, 1.82) is 0 Å². The van der Waals surface area contributed by atoms with Crippen molar-refractivity contribution in [2.75, 3.05) is 24.4 Å². The molecule has 1 amide bonds. The fraction of sp³-hybridized carbons (Fsp3) is 0.500. The van der Waals surface area contributed by atoms with E-state index in [2.05, 4.69) is 22.5 Å². The Morgan fingerprint density at radius 3 is 2.94 bits per heavy atom. The molecule has 5 heteroatoms. The van der Waals surface area contributed by atoms with Gasteiger partial charge in [0, 0.05) is 30.7 Å². The molecule has 94 valence electrons. The van der Waals surface area contributed by atoms with Crippen LogP contribution in [0.15, 0.2) is 18.3 Å². The molecular weight excluding hydrogens is 234 g/mol. The standard InChI is InChI=1S/C12H19N3OS/c1-4-9(8-17-3)15-12(16)11-7-10(13-2)5-6-14-11/h5-7,9H,4,8H2,1-3H3,(H,13,14)(H,15,16). The topological polar surface area (TPSA) is 54.0 Å². The van der Waals surface area contributed by atoms with Crippen LogP contribution in [0.4, 0.5) is 5.69 Å². The lowest BCUT2D eigenvalue weighted by atomic mass is 10.2. The largest absolute Gasteiger partial charge is 0.388 e. The lowest BCUT2D eigenvalue weighted by Gasteiger charge is -2.15. The first-order valence-electron chi connectivity index (χ1n) is 5.64. The Kier molecular flexibility index (Phi) is 5.83. The number of thioether (sulfide) groups is 1. The van der Waals surface area contributed by atoms with E-state index in [1.807, 2.05) is 19.4 Å². The first-order chi connectivity index (χ1) is 8.21. The molecule has 0 fully saturated rings. The van der Waals surface area contributed by atoms with Crippen LogP contribution in [0.25, 0.3) is 0 Å². The summed E-state index contributed by atoms with van der Waals surface area (Å²) in [6, 6.07) is 3.79. The number of nitrogens with zero attached hydrogens (tertiary/aromatic N) is 1. The SMILES string of the molecule is CCC(CSC)NC(=O)c1cc(NC)ccn1. The first-order valence-corrected chi connectivity index (χ1v) is 7.04. The van der Waals surface area contributed by atoms with Crippen molar-refractivity contribution >= 4 is 23.4 Å². The van der Waals surface area contributed by atoms with E-state index in [0.717, 1.165) is 17.9 Å². The second kappa shape index (κ2) is 7.17. The zero-order valence-corrected chi connectivity index (χ0v) is 11.3. The quantitative estimate of drug-likeness (QED) is 0.814. The number of pyridine rings is 1. The van der Waals surface area contributed by atoms with Gasteiger partial charge in [-0.05, 0) is 24.8 Å². The summed E-state index contributed by atoms with van der Waals surface area (Å²) in [5, 5.41) is 5.98. The maximum atomic E-state index is 11.9. The smallest absolute Gasteiger partial charge is 0.270 e. The van der Waals surface area contributed by atoms with E-state index in [1.165, 1.54) is 0 Å². The van der Waals surface area contributed by atoms with E-state index in [0.29, 0.717) is 5.69 Å². The number of aromatic nitrogens is 1. The van der Waals surface area contributed by atoms with Gasteiger partial charge >= 0.3 is 0 Å². The molecular formula is C12H19N3OS. The number of nitrogens with one attached hydrogen (secondary N) is 2. The van der Waals surface area contributed by atoms with Crippen LogP contribution in [0.3, 0.4) is 0 Å². The molecule has 2 N–H and O–H groups in total. The molecule has 0 aliphatic heterocycles. The van der Waals surface area contributed by atoms with Gasteiger partial charge in [-0.3, -0.25) is 9.78 Å². The molecule has 4 nitrogen and oxygen atoms in total.